The molecule has 84 valence electrons. The lowest BCUT2D eigenvalue weighted by atomic mass is 9.87. The van der Waals surface area contributed by atoms with Crippen LogP contribution in [0, 0.1) is 11.3 Å². The van der Waals surface area contributed by atoms with Gasteiger partial charge in [0.2, 0.25) is 0 Å². The molecule has 0 aliphatic rings. The molecule has 2 aromatic heterocycles. The molecule has 0 saturated heterocycles. The molecule has 0 aromatic carbocycles. The number of aromatic nitrogens is 3. The summed E-state index contributed by atoms with van der Waals surface area (Å²) in [5.74, 6) is 0. The van der Waals surface area contributed by atoms with Crippen LogP contribution < -0.4 is 5.59 Å². The highest BCUT2D eigenvalue weighted by molar-refractivity contribution is 6.57. The van der Waals surface area contributed by atoms with E-state index in [1.807, 2.05) is 6.07 Å². The lowest BCUT2D eigenvalue weighted by molar-refractivity contribution is 0.423. The van der Waals surface area contributed by atoms with Crippen LogP contribution in [0.2, 0.25) is 0 Å². The molecule has 2 heterocycles. The summed E-state index contributed by atoms with van der Waals surface area (Å²) in [5.41, 5.74) is 1.25. The molecule has 2 aromatic rings. The van der Waals surface area contributed by atoms with Crippen molar-refractivity contribution in [3.05, 3.63) is 41.9 Å². The van der Waals surface area contributed by atoms with Crippen molar-refractivity contribution in [2.45, 2.75) is 6.54 Å². The SMILES string of the molecule is N#Cc1ncccc1Cn1ccc(B(O)O)n1. The van der Waals surface area contributed by atoms with Gasteiger partial charge in [0.25, 0.3) is 0 Å². The third-order valence-corrected chi connectivity index (χ3v) is 2.26. The van der Waals surface area contributed by atoms with E-state index in [2.05, 4.69) is 10.1 Å². The Bertz CT molecular complexity index is 561. The Hall–Kier alpha value is -2.17. The molecule has 0 spiro atoms. The van der Waals surface area contributed by atoms with Crippen LogP contribution in [0.5, 0.6) is 0 Å². The summed E-state index contributed by atoms with van der Waals surface area (Å²) in [6, 6.07) is 7.02. The molecule has 0 radical (unpaired) electrons. The Kier molecular flexibility index (Phi) is 3.18. The van der Waals surface area contributed by atoms with E-state index < -0.39 is 7.12 Å². The number of pyridine rings is 1. The largest absolute Gasteiger partial charge is 0.510 e. The minimum Gasteiger partial charge on any atom is -0.422 e. The lowest BCUT2D eigenvalue weighted by Crippen LogP contribution is -2.31. The van der Waals surface area contributed by atoms with E-state index in [0.29, 0.717) is 12.2 Å². The molecule has 0 atom stereocenters. The van der Waals surface area contributed by atoms with E-state index in [0.717, 1.165) is 5.56 Å². The second-order valence-electron chi connectivity index (χ2n) is 3.43. The minimum atomic E-state index is -1.58. The second kappa shape index (κ2) is 4.78. The molecule has 7 heteroatoms. The second-order valence-corrected chi connectivity index (χ2v) is 3.43. The molecular weight excluding hydrogens is 219 g/mol. The highest BCUT2D eigenvalue weighted by atomic mass is 16.4. The van der Waals surface area contributed by atoms with E-state index in [-0.39, 0.29) is 5.59 Å². The zero-order chi connectivity index (χ0) is 12.3. The van der Waals surface area contributed by atoms with Gasteiger partial charge in [-0.2, -0.15) is 10.4 Å². The maximum absolute atomic E-state index is 8.92. The molecule has 2 N–H and O–H groups in total. The summed E-state index contributed by atoms with van der Waals surface area (Å²) in [5, 5.41) is 30.7. The molecule has 0 saturated carbocycles. The lowest BCUT2D eigenvalue weighted by Gasteiger charge is -2.03. The third-order valence-electron chi connectivity index (χ3n) is 2.26. The van der Waals surface area contributed by atoms with Gasteiger partial charge >= 0.3 is 7.12 Å². The summed E-state index contributed by atoms with van der Waals surface area (Å²) < 4.78 is 1.52. The van der Waals surface area contributed by atoms with Crippen molar-refractivity contribution in [1.82, 2.24) is 14.8 Å². The van der Waals surface area contributed by atoms with Crippen LogP contribution in [0.4, 0.5) is 0 Å². The minimum absolute atomic E-state index is 0.174. The summed E-state index contributed by atoms with van der Waals surface area (Å²) in [6.07, 6.45) is 3.16. The first-order valence-electron chi connectivity index (χ1n) is 4.94. The summed E-state index contributed by atoms with van der Waals surface area (Å²) in [7, 11) is -1.58. The predicted octanol–water partition coefficient (Wildman–Crippen LogP) is -1.12. The molecule has 17 heavy (non-hydrogen) atoms. The van der Waals surface area contributed by atoms with Crippen LogP contribution in [0.25, 0.3) is 0 Å². The fourth-order valence-electron chi connectivity index (χ4n) is 1.44. The van der Waals surface area contributed by atoms with E-state index in [9.17, 15) is 0 Å². The highest BCUT2D eigenvalue weighted by Gasteiger charge is 2.14. The fraction of sp³-hybridized carbons (Fsp3) is 0.100. The molecule has 0 amide bonds. The van der Waals surface area contributed by atoms with Gasteiger partial charge in [0.05, 0.1) is 12.1 Å². The highest BCUT2D eigenvalue weighted by Crippen LogP contribution is 2.05. The molecule has 0 aliphatic carbocycles. The van der Waals surface area contributed by atoms with E-state index in [1.54, 1.807) is 24.5 Å². The van der Waals surface area contributed by atoms with Gasteiger partial charge in [0.1, 0.15) is 11.8 Å². The number of hydrogen-bond donors (Lipinski definition) is 2. The molecule has 0 bridgehead atoms. The normalized spacial score (nSPS) is 9.94. The topological polar surface area (TPSA) is 95.0 Å². The van der Waals surface area contributed by atoms with Crippen LogP contribution in [0.15, 0.2) is 30.6 Å². The molecule has 0 fully saturated rings. The molecule has 2 rings (SSSR count). The molecule has 0 aliphatic heterocycles. The van der Waals surface area contributed by atoms with Crippen LogP contribution in [0.1, 0.15) is 11.3 Å². The molecule has 0 unspecified atom stereocenters. The summed E-state index contributed by atoms with van der Waals surface area (Å²) in [4.78, 5) is 3.93. The van der Waals surface area contributed by atoms with Gasteiger partial charge in [-0.15, -0.1) is 0 Å². The smallest absolute Gasteiger partial charge is 0.422 e. The van der Waals surface area contributed by atoms with E-state index >= 15 is 0 Å². The van der Waals surface area contributed by atoms with Gasteiger partial charge in [-0.3, -0.25) is 4.68 Å². The molecular formula is C10H9BN4O2. The van der Waals surface area contributed by atoms with Crippen LogP contribution in [-0.4, -0.2) is 31.9 Å². The van der Waals surface area contributed by atoms with Gasteiger partial charge in [0.15, 0.2) is 0 Å². The summed E-state index contributed by atoms with van der Waals surface area (Å²) >= 11 is 0. The van der Waals surface area contributed by atoms with Crippen molar-refractivity contribution in [2.75, 3.05) is 0 Å². The third kappa shape index (κ3) is 2.50. The Morgan fingerprint density at radius 1 is 1.41 bits per heavy atom. The average Bonchev–Trinajstić information content (AvgIpc) is 2.78. The zero-order valence-electron chi connectivity index (χ0n) is 8.85. The monoisotopic (exact) mass is 228 g/mol. The van der Waals surface area contributed by atoms with Gasteiger partial charge < -0.3 is 10.0 Å². The Morgan fingerprint density at radius 2 is 2.24 bits per heavy atom. The van der Waals surface area contributed by atoms with Gasteiger partial charge in [0, 0.05) is 18.0 Å². The van der Waals surface area contributed by atoms with E-state index in [4.69, 9.17) is 15.3 Å². The Balaban J connectivity index is 2.23. The van der Waals surface area contributed by atoms with Gasteiger partial charge in [-0.25, -0.2) is 4.98 Å². The van der Waals surface area contributed by atoms with Crippen molar-refractivity contribution in [3.63, 3.8) is 0 Å². The maximum Gasteiger partial charge on any atom is 0.510 e. The van der Waals surface area contributed by atoms with Crippen molar-refractivity contribution in [2.24, 2.45) is 0 Å². The maximum atomic E-state index is 8.92. The first kappa shape index (κ1) is 11.3. The van der Waals surface area contributed by atoms with Gasteiger partial charge in [-0.1, -0.05) is 6.07 Å². The van der Waals surface area contributed by atoms with Crippen molar-refractivity contribution < 1.29 is 10.0 Å². The molecule has 6 nitrogen and oxygen atoms in total. The summed E-state index contributed by atoms with van der Waals surface area (Å²) in [6.45, 7) is 0.365. The fourth-order valence-corrected chi connectivity index (χ4v) is 1.44. The standard InChI is InChI=1S/C10H9BN4O2/c12-6-9-8(2-1-4-13-9)7-15-5-3-10(14-15)11(16)17/h1-5,16-17H,7H2. The number of hydrogen-bond acceptors (Lipinski definition) is 5. The zero-order valence-corrected chi connectivity index (χ0v) is 8.85. The van der Waals surface area contributed by atoms with Gasteiger partial charge in [-0.05, 0) is 12.1 Å². The first-order valence-corrected chi connectivity index (χ1v) is 4.94. The van der Waals surface area contributed by atoms with Crippen LogP contribution >= 0.6 is 0 Å². The Labute approximate surface area is 97.9 Å². The van der Waals surface area contributed by atoms with Crippen molar-refractivity contribution in [3.8, 4) is 6.07 Å². The number of nitriles is 1. The predicted molar refractivity (Wildman–Crippen MR) is 60.1 cm³/mol. The van der Waals surface area contributed by atoms with E-state index in [1.165, 1.54) is 10.7 Å². The average molecular weight is 228 g/mol. The number of nitrogens with zero attached hydrogens (tertiary/aromatic N) is 4. The first-order chi connectivity index (χ1) is 8.20. The van der Waals surface area contributed by atoms with Crippen molar-refractivity contribution >= 4 is 12.7 Å². The van der Waals surface area contributed by atoms with Crippen LogP contribution in [0.3, 0.4) is 0 Å². The van der Waals surface area contributed by atoms with Crippen LogP contribution in [-0.2, 0) is 6.54 Å². The number of rotatable bonds is 3. The quantitative estimate of drug-likeness (QED) is 0.648. The van der Waals surface area contributed by atoms with Crippen molar-refractivity contribution in [1.29, 1.82) is 5.26 Å². The Morgan fingerprint density at radius 3 is 2.88 bits per heavy atom.